The Morgan fingerprint density at radius 2 is 1.47 bits per heavy atom. The van der Waals surface area contributed by atoms with Gasteiger partial charge in [0.25, 0.3) is 0 Å². The molecule has 0 saturated carbocycles. The monoisotopic (exact) mass is 798 g/mol. The van der Waals surface area contributed by atoms with Crippen molar-refractivity contribution in [2.45, 2.75) is 92.2 Å². The van der Waals surface area contributed by atoms with Crippen molar-refractivity contribution in [3.8, 4) is 11.6 Å². The van der Waals surface area contributed by atoms with Crippen molar-refractivity contribution in [3.05, 3.63) is 83.1 Å². The zero-order valence-electron chi connectivity index (χ0n) is 32.7. The minimum absolute atomic E-state index is 0.237. The summed E-state index contributed by atoms with van der Waals surface area (Å²) in [6.45, 7) is 11.4. The quantitative estimate of drug-likeness (QED) is 0.168. The molecular formula is C39H45F3N6O9. The molecule has 4 aromatic rings. The topological polar surface area (TPSA) is 198 Å². The summed E-state index contributed by atoms with van der Waals surface area (Å²) in [5, 5.41) is 22.7. The number of aliphatic carboxylic acids is 2. The van der Waals surface area contributed by atoms with Crippen LogP contribution in [0.15, 0.2) is 48.9 Å². The second-order valence-electron chi connectivity index (χ2n) is 15.2. The second kappa shape index (κ2) is 17.4. The van der Waals surface area contributed by atoms with E-state index in [1.54, 1.807) is 36.3 Å². The highest BCUT2D eigenvalue weighted by molar-refractivity contribution is 5.89. The number of nitrogens with zero attached hydrogens (tertiary/aromatic N) is 6. The molecular weight excluding hydrogens is 753 g/mol. The number of halogens is 3. The second-order valence-corrected chi connectivity index (χ2v) is 15.2. The van der Waals surface area contributed by atoms with Crippen molar-refractivity contribution in [1.29, 1.82) is 0 Å². The first kappa shape index (κ1) is 43.7. The molecule has 1 aromatic carbocycles. The number of pyridine rings is 1. The number of carboxylic acid groups (broad SMARTS) is 2. The van der Waals surface area contributed by atoms with Gasteiger partial charge in [-0.1, -0.05) is 18.2 Å². The summed E-state index contributed by atoms with van der Waals surface area (Å²) in [5.74, 6) is -4.33. The fraction of sp³-hybridized carbons (Fsp3) is 0.436. The number of imidazole rings is 1. The largest absolute Gasteiger partial charge is 0.479 e. The number of esters is 2. The number of hydrogen-bond donors (Lipinski definition) is 2. The lowest BCUT2D eigenvalue weighted by atomic mass is 9.88. The van der Waals surface area contributed by atoms with Gasteiger partial charge >= 0.3 is 30.1 Å². The maximum absolute atomic E-state index is 13.6. The molecule has 18 heteroatoms. The molecule has 1 aliphatic rings. The molecule has 4 heterocycles. The number of rotatable bonds is 10. The van der Waals surface area contributed by atoms with Gasteiger partial charge in [0.15, 0.2) is 5.82 Å². The van der Waals surface area contributed by atoms with Gasteiger partial charge in [0.1, 0.15) is 11.5 Å². The van der Waals surface area contributed by atoms with Crippen molar-refractivity contribution >= 4 is 36.0 Å². The van der Waals surface area contributed by atoms with E-state index in [0.717, 1.165) is 23.9 Å². The third kappa shape index (κ3) is 11.0. The Hall–Kier alpha value is -6.07. The number of fused-ring (bicyclic) bond motifs is 1. The van der Waals surface area contributed by atoms with E-state index >= 15 is 0 Å². The average molecular weight is 799 g/mol. The Balaban J connectivity index is 0.000000285. The molecule has 3 atom stereocenters. The molecule has 57 heavy (non-hydrogen) atoms. The summed E-state index contributed by atoms with van der Waals surface area (Å²) in [6, 6.07) is 9.42. The van der Waals surface area contributed by atoms with Crippen LogP contribution < -0.4 is 4.74 Å². The third-order valence-electron chi connectivity index (χ3n) is 8.44. The van der Waals surface area contributed by atoms with Crippen molar-refractivity contribution in [2.75, 3.05) is 7.11 Å². The molecule has 3 aromatic heterocycles. The van der Waals surface area contributed by atoms with E-state index in [-0.39, 0.29) is 5.56 Å². The van der Waals surface area contributed by atoms with Crippen LogP contribution in [0, 0.1) is 17.8 Å². The minimum Gasteiger partial charge on any atom is -0.479 e. The summed E-state index contributed by atoms with van der Waals surface area (Å²) in [5.41, 5.74) is -0.193. The molecule has 0 spiro atoms. The zero-order valence-corrected chi connectivity index (χ0v) is 32.7. The van der Waals surface area contributed by atoms with Gasteiger partial charge in [-0.2, -0.15) is 18.3 Å². The Bertz CT molecular complexity index is 2090. The summed E-state index contributed by atoms with van der Waals surface area (Å²) >= 11 is 0. The van der Waals surface area contributed by atoms with Crippen LogP contribution in [0.4, 0.5) is 13.2 Å². The van der Waals surface area contributed by atoms with E-state index in [4.69, 9.17) is 24.4 Å². The molecule has 2 N–H and O–H groups in total. The number of aryl methyl sites for hydroxylation is 2. The fourth-order valence-electron chi connectivity index (χ4n) is 5.46. The zero-order chi connectivity index (χ0) is 42.5. The molecule has 0 amide bonds. The smallest absolute Gasteiger partial charge is 0.416 e. The molecule has 0 radical (unpaired) electrons. The Labute approximate surface area is 326 Å². The van der Waals surface area contributed by atoms with Crippen LogP contribution >= 0.6 is 0 Å². The molecule has 15 nitrogen and oxygen atoms in total. The van der Waals surface area contributed by atoms with Crippen molar-refractivity contribution in [1.82, 2.24) is 29.3 Å². The Morgan fingerprint density at radius 1 is 0.877 bits per heavy atom. The van der Waals surface area contributed by atoms with Gasteiger partial charge in [0, 0.05) is 18.7 Å². The van der Waals surface area contributed by atoms with Crippen LogP contribution in [0.3, 0.4) is 0 Å². The number of aromatic nitrogens is 6. The van der Waals surface area contributed by atoms with E-state index < -0.39 is 64.6 Å². The number of hydrogen-bond acceptors (Lipinski definition) is 11. The highest BCUT2D eigenvalue weighted by Gasteiger charge is 2.44. The summed E-state index contributed by atoms with van der Waals surface area (Å²) < 4.78 is 59.3. The summed E-state index contributed by atoms with van der Waals surface area (Å²) in [6.07, 6.45) is -0.335. The lowest BCUT2D eigenvalue weighted by molar-refractivity contribution is -0.193. The first-order chi connectivity index (χ1) is 26.5. The van der Waals surface area contributed by atoms with Crippen LogP contribution in [-0.4, -0.2) is 82.7 Å². The van der Waals surface area contributed by atoms with Crippen LogP contribution in [0.5, 0.6) is 5.88 Å². The fourth-order valence-corrected chi connectivity index (χ4v) is 5.46. The summed E-state index contributed by atoms with van der Waals surface area (Å²) in [7, 11) is 1.55. The first-order valence-electron chi connectivity index (χ1n) is 17.7. The highest BCUT2D eigenvalue weighted by atomic mass is 19.4. The van der Waals surface area contributed by atoms with Crippen LogP contribution in [0.2, 0.25) is 0 Å². The minimum atomic E-state index is -4.42. The van der Waals surface area contributed by atoms with E-state index in [9.17, 15) is 32.3 Å². The number of methoxy groups -OCH3 is 1. The number of benzene rings is 1. The van der Waals surface area contributed by atoms with Crippen LogP contribution in [0.1, 0.15) is 94.5 Å². The Morgan fingerprint density at radius 3 is 1.98 bits per heavy atom. The van der Waals surface area contributed by atoms with Gasteiger partial charge < -0.3 is 29.0 Å². The standard InChI is InChI=1S/C25H23F3N6O.C14H22O8/c1-16-14-33(15-29-16)21-11-9-17(30-24(21)35-2)10-12-22-31-23-19(7-5-13-34(23)32-22)18-6-3-4-8-20(18)25(26,27)28;1-13(2,3)11(19)21-7(9(15)16)8(10(17)18)22-12(20)14(4,5)6/h3-4,6,8-12,14-15,19H,5,7,13H2,1-2H3;7-8H,1-6H3,(H,15,16)(H,17,18)/b12-10+;/t19-;7-,8-/m00/s1. The van der Waals surface area contributed by atoms with E-state index in [2.05, 4.69) is 20.1 Å². The van der Waals surface area contributed by atoms with E-state index in [1.807, 2.05) is 29.8 Å². The van der Waals surface area contributed by atoms with Gasteiger partial charge in [0.2, 0.25) is 18.1 Å². The molecule has 306 valence electrons. The van der Waals surface area contributed by atoms with E-state index in [1.165, 1.54) is 53.7 Å². The molecule has 0 aliphatic carbocycles. The lowest BCUT2D eigenvalue weighted by Gasteiger charge is -2.26. The number of carbonyl (C=O) groups is 4. The Kier molecular flexibility index (Phi) is 13.3. The molecule has 0 bridgehead atoms. The van der Waals surface area contributed by atoms with E-state index in [0.29, 0.717) is 36.2 Å². The van der Waals surface area contributed by atoms with Gasteiger partial charge in [-0.25, -0.2) is 29.2 Å². The predicted molar refractivity (Wildman–Crippen MR) is 198 cm³/mol. The van der Waals surface area contributed by atoms with Crippen molar-refractivity contribution < 1.29 is 56.8 Å². The van der Waals surface area contributed by atoms with Crippen molar-refractivity contribution in [3.63, 3.8) is 0 Å². The number of carbonyl (C=O) groups excluding carboxylic acids is 2. The first-order valence-corrected chi connectivity index (χ1v) is 17.7. The average Bonchev–Trinajstić information content (AvgIpc) is 3.76. The number of carboxylic acids is 2. The molecule has 0 saturated heterocycles. The molecule has 0 fully saturated rings. The van der Waals surface area contributed by atoms with Gasteiger partial charge in [0.05, 0.1) is 41.2 Å². The van der Waals surface area contributed by atoms with Crippen LogP contribution in [-0.2, 0) is 41.4 Å². The SMILES string of the molecule is CC(C)(C)C(=O)O[C@H](C(=O)O)[C@H](OC(=O)C(C)(C)C)C(=O)O.COc1nc(/C=C/c2nc3n(n2)CCC[C@H]3c2ccccc2C(F)(F)F)ccc1-n1cnc(C)c1. The van der Waals surface area contributed by atoms with Crippen molar-refractivity contribution in [2.24, 2.45) is 10.8 Å². The summed E-state index contributed by atoms with van der Waals surface area (Å²) in [4.78, 5) is 59.3. The van der Waals surface area contributed by atoms with Gasteiger partial charge in [-0.05, 0) is 97.2 Å². The van der Waals surface area contributed by atoms with Gasteiger partial charge in [-0.15, -0.1) is 0 Å². The van der Waals surface area contributed by atoms with Gasteiger partial charge in [-0.3, -0.25) is 9.59 Å². The predicted octanol–water partition coefficient (Wildman–Crippen LogP) is 6.36. The maximum atomic E-state index is 13.6. The normalized spacial score (nSPS) is 15.5. The lowest BCUT2D eigenvalue weighted by Crippen LogP contribution is -2.48. The number of alkyl halides is 3. The van der Waals surface area contributed by atoms with Crippen LogP contribution in [0.25, 0.3) is 17.8 Å². The number of ether oxygens (including phenoxy) is 3. The molecule has 5 rings (SSSR count). The highest BCUT2D eigenvalue weighted by Crippen LogP contribution is 2.40. The molecule has 0 unspecified atom stereocenters. The third-order valence-corrected chi connectivity index (χ3v) is 8.44. The maximum Gasteiger partial charge on any atom is 0.416 e. The molecule has 1 aliphatic heterocycles.